The number of carbonyl (C=O) groups is 1. The molecule has 150 valence electrons. The molecular weight excluding hydrogens is 374 g/mol. The number of amides is 1. The summed E-state index contributed by atoms with van der Waals surface area (Å²) >= 11 is 0. The van der Waals surface area contributed by atoms with Crippen LogP contribution in [0.25, 0.3) is 22.6 Å². The normalized spacial score (nSPS) is 11.2. The van der Waals surface area contributed by atoms with Gasteiger partial charge in [0.05, 0.1) is 19.4 Å². The molecule has 29 heavy (non-hydrogen) atoms. The molecule has 1 aromatic carbocycles. The number of rotatable bonds is 8. The fourth-order valence-electron chi connectivity index (χ4n) is 3.21. The van der Waals surface area contributed by atoms with Crippen LogP contribution in [0.2, 0.25) is 0 Å². The number of hydrogen-bond acceptors (Lipinski definition) is 7. The predicted octanol–water partition coefficient (Wildman–Crippen LogP) is 4.27. The zero-order valence-corrected chi connectivity index (χ0v) is 16.3. The molecule has 0 fully saturated rings. The summed E-state index contributed by atoms with van der Waals surface area (Å²) in [5, 5.41) is 8.91. The van der Waals surface area contributed by atoms with E-state index in [0.29, 0.717) is 23.8 Å². The van der Waals surface area contributed by atoms with E-state index in [1.54, 1.807) is 24.1 Å². The van der Waals surface area contributed by atoms with E-state index in [1.165, 1.54) is 6.26 Å². The molecule has 3 heterocycles. The molecule has 0 N–H and O–H groups in total. The van der Waals surface area contributed by atoms with Crippen molar-refractivity contribution < 1.29 is 22.8 Å². The molecule has 0 unspecified atom stereocenters. The number of hydrogen-bond donors (Lipinski definition) is 0. The maximum atomic E-state index is 13.3. The monoisotopic (exact) mass is 395 g/mol. The van der Waals surface area contributed by atoms with E-state index < -0.39 is 0 Å². The van der Waals surface area contributed by atoms with Crippen molar-refractivity contribution in [3.05, 3.63) is 59.9 Å². The third-order valence-electron chi connectivity index (χ3n) is 4.49. The van der Waals surface area contributed by atoms with Crippen LogP contribution in [0.5, 0.6) is 0 Å². The standard InChI is InChI=1S/C21H21N3O5/c1-3-10-24(12-18-22-23-20(29-18)17-9-6-11-27-17)21(25)19-15(13-26-2)14-7-4-5-8-16(14)28-19/h4-9,11H,3,10,12-13H2,1-2H3. The predicted molar refractivity (Wildman–Crippen MR) is 104 cm³/mol. The van der Waals surface area contributed by atoms with Gasteiger partial charge in [0.25, 0.3) is 11.8 Å². The second-order valence-electron chi connectivity index (χ2n) is 6.54. The van der Waals surface area contributed by atoms with E-state index >= 15 is 0 Å². The Morgan fingerprint density at radius 1 is 1.14 bits per heavy atom. The van der Waals surface area contributed by atoms with Crippen LogP contribution in [0.15, 0.2) is 55.9 Å². The van der Waals surface area contributed by atoms with Crippen molar-refractivity contribution in [3.63, 3.8) is 0 Å². The van der Waals surface area contributed by atoms with Crippen molar-refractivity contribution in [3.8, 4) is 11.7 Å². The van der Waals surface area contributed by atoms with Crippen molar-refractivity contribution in [2.45, 2.75) is 26.5 Å². The summed E-state index contributed by atoms with van der Waals surface area (Å²) in [6.07, 6.45) is 2.30. The summed E-state index contributed by atoms with van der Waals surface area (Å²) < 4.78 is 22.1. The van der Waals surface area contributed by atoms with Gasteiger partial charge in [0.2, 0.25) is 5.89 Å². The number of furan rings is 2. The summed E-state index contributed by atoms with van der Waals surface area (Å²) in [4.78, 5) is 14.9. The van der Waals surface area contributed by atoms with E-state index in [1.807, 2.05) is 31.2 Å². The Balaban J connectivity index is 1.63. The van der Waals surface area contributed by atoms with Gasteiger partial charge in [-0.05, 0) is 24.6 Å². The largest absolute Gasteiger partial charge is 0.459 e. The Morgan fingerprint density at radius 2 is 2.00 bits per heavy atom. The molecule has 0 aliphatic carbocycles. The van der Waals surface area contributed by atoms with Gasteiger partial charge >= 0.3 is 0 Å². The first kappa shape index (κ1) is 18.9. The van der Waals surface area contributed by atoms with Crippen LogP contribution in [-0.4, -0.2) is 34.7 Å². The fourth-order valence-corrected chi connectivity index (χ4v) is 3.21. The minimum absolute atomic E-state index is 0.170. The summed E-state index contributed by atoms with van der Waals surface area (Å²) in [7, 11) is 1.59. The van der Waals surface area contributed by atoms with E-state index in [0.717, 1.165) is 17.4 Å². The van der Waals surface area contributed by atoms with Gasteiger partial charge in [-0.25, -0.2) is 0 Å². The molecule has 3 aromatic heterocycles. The first-order valence-corrected chi connectivity index (χ1v) is 9.36. The topological polar surface area (TPSA) is 94.7 Å². The molecule has 0 atom stereocenters. The average molecular weight is 395 g/mol. The van der Waals surface area contributed by atoms with Gasteiger partial charge in [0.15, 0.2) is 11.5 Å². The highest BCUT2D eigenvalue weighted by atomic mass is 16.5. The third kappa shape index (κ3) is 3.79. The van der Waals surface area contributed by atoms with Crippen LogP contribution in [0.3, 0.4) is 0 Å². The van der Waals surface area contributed by atoms with Gasteiger partial charge in [-0.2, -0.15) is 0 Å². The molecule has 0 saturated heterocycles. The van der Waals surface area contributed by atoms with E-state index in [9.17, 15) is 4.79 Å². The molecule has 0 bridgehead atoms. The number of nitrogens with zero attached hydrogens (tertiary/aromatic N) is 3. The van der Waals surface area contributed by atoms with Crippen molar-refractivity contribution in [2.75, 3.05) is 13.7 Å². The van der Waals surface area contributed by atoms with E-state index in [-0.39, 0.29) is 30.7 Å². The number of fused-ring (bicyclic) bond motifs is 1. The Hall–Kier alpha value is -3.39. The number of aromatic nitrogens is 2. The molecule has 0 aliphatic heterocycles. The summed E-state index contributed by atoms with van der Waals surface area (Å²) in [6, 6.07) is 11.0. The second-order valence-corrected chi connectivity index (χ2v) is 6.54. The first-order chi connectivity index (χ1) is 14.2. The molecule has 4 aromatic rings. The van der Waals surface area contributed by atoms with Gasteiger partial charge in [-0.1, -0.05) is 25.1 Å². The van der Waals surface area contributed by atoms with Crippen molar-refractivity contribution in [2.24, 2.45) is 0 Å². The summed E-state index contributed by atoms with van der Waals surface area (Å²) in [6.45, 7) is 2.96. The number of para-hydroxylation sites is 1. The highest BCUT2D eigenvalue weighted by Crippen LogP contribution is 2.28. The summed E-state index contributed by atoms with van der Waals surface area (Å²) in [5.41, 5.74) is 1.38. The van der Waals surface area contributed by atoms with Gasteiger partial charge < -0.3 is 22.9 Å². The van der Waals surface area contributed by atoms with Gasteiger partial charge in [-0.3, -0.25) is 4.79 Å². The number of ether oxygens (including phenoxy) is 1. The van der Waals surface area contributed by atoms with Gasteiger partial charge in [-0.15, -0.1) is 10.2 Å². The van der Waals surface area contributed by atoms with Gasteiger partial charge in [0, 0.05) is 24.6 Å². The van der Waals surface area contributed by atoms with Crippen molar-refractivity contribution in [1.29, 1.82) is 0 Å². The third-order valence-corrected chi connectivity index (χ3v) is 4.49. The van der Waals surface area contributed by atoms with Crippen LogP contribution in [0.4, 0.5) is 0 Å². The fraction of sp³-hybridized carbons (Fsp3) is 0.286. The Bertz CT molecular complexity index is 1100. The number of carbonyl (C=O) groups excluding carboxylic acids is 1. The van der Waals surface area contributed by atoms with E-state index in [2.05, 4.69) is 10.2 Å². The van der Waals surface area contributed by atoms with Crippen LogP contribution < -0.4 is 0 Å². The molecule has 0 saturated carbocycles. The lowest BCUT2D eigenvalue weighted by molar-refractivity contribution is 0.0692. The molecule has 0 radical (unpaired) electrons. The van der Waals surface area contributed by atoms with Crippen molar-refractivity contribution >= 4 is 16.9 Å². The molecule has 4 rings (SSSR count). The minimum Gasteiger partial charge on any atom is -0.459 e. The Morgan fingerprint density at radius 3 is 2.76 bits per heavy atom. The molecule has 8 nitrogen and oxygen atoms in total. The average Bonchev–Trinajstić information content (AvgIpc) is 3.47. The molecule has 1 amide bonds. The lowest BCUT2D eigenvalue weighted by Gasteiger charge is -2.19. The SMILES string of the molecule is CCCN(Cc1nnc(-c2ccco2)o1)C(=O)c1oc2ccccc2c1COC. The number of methoxy groups -OCH3 is 1. The second kappa shape index (κ2) is 8.32. The Labute approximate surface area is 167 Å². The Kier molecular flexibility index (Phi) is 5.44. The molecule has 8 heteroatoms. The highest BCUT2D eigenvalue weighted by Gasteiger charge is 2.26. The zero-order valence-electron chi connectivity index (χ0n) is 16.3. The first-order valence-electron chi connectivity index (χ1n) is 9.36. The maximum Gasteiger partial charge on any atom is 0.290 e. The maximum absolute atomic E-state index is 13.3. The lowest BCUT2D eigenvalue weighted by Crippen LogP contribution is -2.31. The zero-order chi connectivity index (χ0) is 20.2. The van der Waals surface area contributed by atoms with Crippen LogP contribution in [0, 0.1) is 0 Å². The van der Waals surface area contributed by atoms with Crippen LogP contribution >= 0.6 is 0 Å². The van der Waals surface area contributed by atoms with Crippen molar-refractivity contribution in [1.82, 2.24) is 15.1 Å². The van der Waals surface area contributed by atoms with Gasteiger partial charge in [0.1, 0.15) is 5.58 Å². The highest BCUT2D eigenvalue weighted by molar-refractivity contribution is 5.99. The van der Waals surface area contributed by atoms with Crippen LogP contribution in [0.1, 0.15) is 35.4 Å². The van der Waals surface area contributed by atoms with Crippen LogP contribution in [-0.2, 0) is 17.9 Å². The smallest absolute Gasteiger partial charge is 0.290 e. The van der Waals surface area contributed by atoms with E-state index in [4.69, 9.17) is 18.0 Å². The minimum atomic E-state index is -0.243. The number of benzene rings is 1. The summed E-state index contributed by atoms with van der Waals surface area (Å²) in [5.74, 6) is 1.11. The molecular formula is C21H21N3O5. The molecule has 0 aliphatic rings. The molecule has 0 spiro atoms. The quantitative estimate of drug-likeness (QED) is 0.439. The lowest BCUT2D eigenvalue weighted by atomic mass is 10.1.